The largest absolute Gasteiger partial charge is 0.497 e. The Labute approximate surface area is 82.9 Å². The Morgan fingerprint density at radius 2 is 2.14 bits per heavy atom. The summed E-state index contributed by atoms with van der Waals surface area (Å²) in [6, 6.07) is 6.10. The third kappa shape index (κ3) is 1.36. The summed E-state index contributed by atoms with van der Waals surface area (Å²) < 4.78 is 5.19. The van der Waals surface area contributed by atoms with Gasteiger partial charge in [-0.15, -0.1) is 0 Å². The van der Waals surface area contributed by atoms with Crippen LogP contribution in [-0.2, 0) is 6.54 Å². The maximum atomic E-state index is 5.57. The van der Waals surface area contributed by atoms with Crippen molar-refractivity contribution in [1.29, 1.82) is 0 Å². The minimum Gasteiger partial charge on any atom is -0.497 e. The molecule has 14 heavy (non-hydrogen) atoms. The number of benzene rings is 1. The van der Waals surface area contributed by atoms with Gasteiger partial charge in [0.15, 0.2) is 0 Å². The highest BCUT2D eigenvalue weighted by Crippen LogP contribution is 2.25. The molecule has 74 valence electrons. The third-order valence-electron chi connectivity index (χ3n) is 2.43. The lowest BCUT2D eigenvalue weighted by molar-refractivity contribution is 0.415. The molecule has 2 rings (SSSR count). The van der Waals surface area contributed by atoms with E-state index in [1.807, 2.05) is 12.1 Å². The standard InChI is InChI=1S/C11H14N2O/c1-7-3-9(14-2)5-11-10(7)4-8(6-12)13-11/h3-5,13H,6,12H2,1-2H3. The predicted octanol–water partition coefficient (Wildman–Crippen LogP) is 1.94. The first-order valence-corrected chi connectivity index (χ1v) is 4.61. The first-order chi connectivity index (χ1) is 6.74. The Kier molecular flexibility index (Phi) is 2.17. The van der Waals surface area contributed by atoms with E-state index in [4.69, 9.17) is 10.5 Å². The highest BCUT2D eigenvalue weighted by atomic mass is 16.5. The van der Waals surface area contributed by atoms with Gasteiger partial charge in [-0.1, -0.05) is 0 Å². The molecule has 0 bridgehead atoms. The average Bonchev–Trinajstić information content (AvgIpc) is 2.61. The zero-order valence-corrected chi connectivity index (χ0v) is 8.42. The lowest BCUT2D eigenvalue weighted by atomic mass is 10.1. The van der Waals surface area contributed by atoms with E-state index in [1.54, 1.807) is 7.11 Å². The van der Waals surface area contributed by atoms with Crippen LogP contribution in [0.2, 0.25) is 0 Å². The SMILES string of the molecule is COc1cc(C)c2cc(CN)[nH]c2c1. The normalized spacial score (nSPS) is 10.8. The van der Waals surface area contributed by atoms with Crippen molar-refractivity contribution in [3.63, 3.8) is 0 Å². The molecule has 2 aromatic rings. The van der Waals surface area contributed by atoms with E-state index >= 15 is 0 Å². The average molecular weight is 190 g/mol. The molecule has 0 aliphatic carbocycles. The van der Waals surface area contributed by atoms with Crippen LogP contribution >= 0.6 is 0 Å². The Bertz CT molecular complexity index is 460. The number of nitrogens with one attached hydrogen (secondary N) is 1. The molecule has 0 atom stereocenters. The van der Waals surface area contributed by atoms with Gasteiger partial charge in [-0.3, -0.25) is 0 Å². The van der Waals surface area contributed by atoms with Crippen molar-refractivity contribution in [2.24, 2.45) is 5.73 Å². The molecule has 0 spiro atoms. The van der Waals surface area contributed by atoms with Gasteiger partial charge in [0.05, 0.1) is 7.11 Å². The minimum absolute atomic E-state index is 0.538. The van der Waals surface area contributed by atoms with Crippen molar-refractivity contribution < 1.29 is 4.74 Å². The summed E-state index contributed by atoms with van der Waals surface area (Å²) >= 11 is 0. The third-order valence-corrected chi connectivity index (χ3v) is 2.43. The first-order valence-electron chi connectivity index (χ1n) is 4.61. The van der Waals surface area contributed by atoms with Crippen molar-refractivity contribution in [2.45, 2.75) is 13.5 Å². The van der Waals surface area contributed by atoms with Crippen molar-refractivity contribution in [2.75, 3.05) is 7.11 Å². The van der Waals surface area contributed by atoms with Crippen molar-refractivity contribution >= 4 is 10.9 Å². The molecule has 3 nitrogen and oxygen atoms in total. The molecule has 0 fully saturated rings. The van der Waals surface area contributed by atoms with Gasteiger partial charge in [0.25, 0.3) is 0 Å². The number of aromatic amines is 1. The number of aromatic nitrogens is 1. The van der Waals surface area contributed by atoms with E-state index in [0.717, 1.165) is 17.0 Å². The number of fused-ring (bicyclic) bond motifs is 1. The van der Waals surface area contributed by atoms with E-state index in [0.29, 0.717) is 6.54 Å². The van der Waals surface area contributed by atoms with Crippen molar-refractivity contribution in [3.05, 3.63) is 29.5 Å². The lowest BCUT2D eigenvalue weighted by Gasteiger charge is -2.01. The minimum atomic E-state index is 0.538. The molecule has 0 saturated heterocycles. The van der Waals surface area contributed by atoms with E-state index < -0.39 is 0 Å². The second kappa shape index (κ2) is 3.35. The van der Waals surface area contributed by atoms with Crippen LogP contribution in [0.15, 0.2) is 18.2 Å². The topological polar surface area (TPSA) is 51.0 Å². The van der Waals surface area contributed by atoms with Gasteiger partial charge in [-0.05, 0) is 24.6 Å². The van der Waals surface area contributed by atoms with Gasteiger partial charge in [0.2, 0.25) is 0 Å². The number of ether oxygens (including phenoxy) is 1. The van der Waals surface area contributed by atoms with E-state index in [9.17, 15) is 0 Å². The summed E-state index contributed by atoms with van der Waals surface area (Å²) in [7, 11) is 1.67. The van der Waals surface area contributed by atoms with E-state index in [-0.39, 0.29) is 0 Å². The van der Waals surface area contributed by atoms with Gasteiger partial charge in [0, 0.05) is 29.2 Å². The number of hydrogen-bond donors (Lipinski definition) is 2. The molecule has 0 radical (unpaired) electrons. The quantitative estimate of drug-likeness (QED) is 0.760. The second-order valence-electron chi connectivity index (χ2n) is 3.40. The first kappa shape index (κ1) is 9.09. The van der Waals surface area contributed by atoms with Crippen LogP contribution in [0.3, 0.4) is 0 Å². The molecule has 3 heteroatoms. The maximum Gasteiger partial charge on any atom is 0.121 e. The van der Waals surface area contributed by atoms with Crippen LogP contribution in [0.5, 0.6) is 5.75 Å². The Morgan fingerprint density at radius 1 is 1.36 bits per heavy atom. The number of rotatable bonds is 2. The van der Waals surface area contributed by atoms with Gasteiger partial charge in [-0.2, -0.15) is 0 Å². The molecular weight excluding hydrogens is 176 g/mol. The molecule has 1 heterocycles. The summed E-state index contributed by atoms with van der Waals surface area (Å²) in [5.74, 6) is 0.875. The summed E-state index contributed by atoms with van der Waals surface area (Å²) in [5, 5.41) is 1.21. The van der Waals surface area contributed by atoms with Crippen LogP contribution in [0.1, 0.15) is 11.3 Å². The molecule has 0 unspecified atom stereocenters. The number of hydrogen-bond acceptors (Lipinski definition) is 2. The predicted molar refractivity (Wildman–Crippen MR) is 57.5 cm³/mol. The van der Waals surface area contributed by atoms with E-state index in [2.05, 4.69) is 18.0 Å². The molecule has 3 N–H and O–H groups in total. The Hall–Kier alpha value is -1.48. The van der Waals surface area contributed by atoms with Crippen LogP contribution in [0, 0.1) is 6.92 Å². The Morgan fingerprint density at radius 3 is 2.79 bits per heavy atom. The fraction of sp³-hybridized carbons (Fsp3) is 0.273. The summed E-state index contributed by atoms with van der Waals surface area (Å²) in [6.07, 6.45) is 0. The van der Waals surface area contributed by atoms with Gasteiger partial charge >= 0.3 is 0 Å². The van der Waals surface area contributed by atoms with Crippen LogP contribution in [0.4, 0.5) is 0 Å². The molecule has 0 saturated carbocycles. The fourth-order valence-electron chi connectivity index (χ4n) is 1.67. The smallest absolute Gasteiger partial charge is 0.121 e. The number of aryl methyl sites for hydroxylation is 1. The van der Waals surface area contributed by atoms with Gasteiger partial charge < -0.3 is 15.5 Å². The van der Waals surface area contributed by atoms with Crippen molar-refractivity contribution in [3.8, 4) is 5.75 Å². The molecular formula is C11H14N2O. The fourth-order valence-corrected chi connectivity index (χ4v) is 1.67. The summed E-state index contributed by atoms with van der Waals surface area (Å²) in [4.78, 5) is 3.26. The number of H-pyrrole nitrogens is 1. The molecule has 1 aromatic heterocycles. The molecule has 0 aliphatic rings. The Balaban J connectivity index is 2.67. The van der Waals surface area contributed by atoms with Gasteiger partial charge in [0.1, 0.15) is 5.75 Å². The second-order valence-corrected chi connectivity index (χ2v) is 3.40. The van der Waals surface area contributed by atoms with Crippen molar-refractivity contribution in [1.82, 2.24) is 4.98 Å². The van der Waals surface area contributed by atoms with Crippen LogP contribution < -0.4 is 10.5 Å². The lowest BCUT2D eigenvalue weighted by Crippen LogP contribution is -1.94. The molecule has 0 aliphatic heterocycles. The zero-order valence-electron chi connectivity index (χ0n) is 8.42. The molecule has 1 aromatic carbocycles. The van der Waals surface area contributed by atoms with E-state index in [1.165, 1.54) is 10.9 Å². The monoisotopic (exact) mass is 190 g/mol. The van der Waals surface area contributed by atoms with Crippen LogP contribution in [-0.4, -0.2) is 12.1 Å². The summed E-state index contributed by atoms with van der Waals surface area (Å²) in [6.45, 7) is 2.61. The zero-order chi connectivity index (χ0) is 10.1. The highest BCUT2D eigenvalue weighted by Gasteiger charge is 2.04. The highest BCUT2D eigenvalue weighted by molar-refractivity contribution is 5.85. The number of methoxy groups -OCH3 is 1. The van der Waals surface area contributed by atoms with Crippen LogP contribution in [0.25, 0.3) is 10.9 Å². The molecule has 0 amide bonds. The maximum absolute atomic E-state index is 5.57. The number of nitrogens with two attached hydrogens (primary N) is 1. The van der Waals surface area contributed by atoms with Gasteiger partial charge in [-0.25, -0.2) is 0 Å². The summed E-state index contributed by atoms with van der Waals surface area (Å²) in [5.41, 5.74) is 8.91.